The van der Waals surface area contributed by atoms with E-state index < -0.39 is 24.1 Å². The van der Waals surface area contributed by atoms with Crippen molar-refractivity contribution in [2.75, 3.05) is 5.32 Å². The Morgan fingerprint density at radius 3 is 2.21 bits per heavy atom. The molecule has 5 nitrogen and oxygen atoms in total. The van der Waals surface area contributed by atoms with Crippen LogP contribution in [0.3, 0.4) is 0 Å². The fourth-order valence-electron chi connectivity index (χ4n) is 1.85. The van der Waals surface area contributed by atoms with E-state index in [0.29, 0.717) is 16.5 Å². The fourth-order valence-corrected chi connectivity index (χ4v) is 1.98. The van der Waals surface area contributed by atoms with Gasteiger partial charge in [0.2, 0.25) is 0 Å². The number of carbonyl (C=O) groups excluding carboxylic acids is 2. The molecule has 1 amide bonds. The van der Waals surface area contributed by atoms with Gasteiger partial charge >= 0.3 is 5.97 Å². The maximum Gasteiger partial charge on any atom is 0.347 e. The van der Waals surface area contributed by atoms with E-state index in [2.05, 4.69) is 5.32 Å². The van der Waals surface area contributed by atoms with Crippen molar-refractivity contribution >= 4 is 29.2 Å². The Labute approximate surface area is 145 Å². The van der Waals surface area contributed by atoms with Crippen molar-refractivity contribution < 1.29 is 19.1 Å². The van der Waals surface area contributed by atoms with Crippen molar-refractivity contribution in [1.82, 2.24) is 0 Å². The first-order valence-electron chi connectivity index (χ1n) is 7.44. The molecule has 2 atom stereocenters. The number of nitrogens with one attached hydrogen (secondary N) is 1. The number of rotatable bonds is 6. The molecule has 0 radical (unpaired) electrons. The molecule has 0 saturated heterocycles. The van der Waals surface area contributed by atoms with Crippen LogP contribution in [-0.2, 0) is 14.3 Å². The van der Waals surface area contributed by atoms with Gasteiger partial charge in [0.1, 0.15) is 5.75 Å². The van der Waals surface area contributed by atoms with Crippen molar-refractivity contribution in [2.24, 2.45) is 0 Å². The Hall–Kier alpha value is -2.53. The minimum Gasteiger partial charge on any atom is -0.479 e. The first-order valence-corrected chi connectivity index (χ1v) is 7.82. The third kappa shape index (κ3) is 5.28. The van der Waals surface area contributed by atoms with Gasteiger partial charge in [-0.25, -0.2) is 4.79 Å². The fraction of sp³-hybridized carbons (Fsp3) is 0.222. The summed E-state index contributed by atoms with van der Waals surface area (Å²) in [6, 6.07) is 15.6. The van der Waals surface area contributed by atoms with E-state index in [1.165, 1.54) is 6.92 Å². The minimum absolute atomic E-state index is 0.433. The van der Waals surface area contributed by atoms with Crippen molar-refractivity contribution in [1.29, 1.82) is 0 Å². The molecule has 0 spiro atoms. The monoisotopic (exact) mass is 347 g/mol. The van der Waals surface area contributed by atoms with Gasteiger partial charge in [-0.1, -0.05) is 29.8 Å². The van der Waals surface area contributed by atoms with Crippen LogP contribution in [0.2, 0.25) is 5.02 Å². The molecule has 2 aromatic carbocycles. The number of carbonyl (C=O) groups is 2. The highest BCUT2D eigenvalue weighted by Gasteiger charge is 2.23. The molecule has 0 unspecified atom stereocenters. The van der Waals surface area contributed by atoms with E-state index in [4.69, 9.17) is 21.1 Å². The van der Waals surface area contributed by atoms with E-state index in [1.54, 1.807) is 55.5 Å². The summed E-state index contributed by atoms with van der Waals surface area (Å²) in [6.45, 7) is 3.07. The molecule has 0 bridgehead atoms. The van der Waals surface area contributed by atoms with Crippen LogP contribution in [0.1, 0.15) is 13.8 Å². The SMILES string of the molecule is C[C@H](OC(=O)[C@H](C)Oc1ccccc1)C(=O)Nc1ccc(Cl)cc1. The number of anilines is 1. The zero-order valence-electron chi connectivity index (χ0n) is 13.4. The zero-order chi connectivity index (χ0) is 17.5. The Morgan fingerprint density at radius 2 is 1.58 bits per heavy atom. The third-order valence-corrected chi connectivity index (χ3v) is 3.41. The summed E-state index contributed by atoms with van der Waals surface area (Å²) in [4.78, 5) is 24.1. The Balaban J connectivity index is 1.85. The summed E-state index contributed by atoms with van der Waals surface area (Å²) in [7, 11) is 0. The van der Waals surface area contributed by atoms with Gasteiger partial charge in [0, 0.05) is 10.7 Å². The molecule has 6 heteroatoms. The van der Waals surface area contributed by atoms with Crippen LogP contribution in [0.5, 0.6) is 5.75 Å². The number of esters is 1. The van der Waals surface area contributed by atoms with Gasteiger partial charge in [-0.2, -0.15) is 0 Å². The first kappa shape index (κ1) is 17.8. The maximum atomic E-state index is 12.1. The van der Waals surface area contributed by atoms with E-state index in [9.17, 15) is 9.59 Å². The van der Waals surface area contributed by atoms with Crippen LogP contribution >= 0.6 is 11.6 Å². The van der Waals surface area contributed by atoms with Crippen LogP contribution in [0.15, 0.2) is 54.6 Å². The molecule has 0 heterocycles. The van der Waals surface area contributed by atoms with Gasteiger partial charge in [-0.15, -0.1) is 0 Å². The lowest BCUT2D eigenvalue weighted by atomic mass is 10.3. The number of para-hydroxylation sites is 1. The smallest absolute Gasteiger partial charge is 0.347 e. The highest BCUT2D eigenvalue weighted by atomic mass is 35.5. The van der Waals surface area contributed by atoms with Crippen LogP contribution < -0.4 is 10.1 Å². The average Bonchev–Trinajstić information content (AvgIpc) is 2.57. The number of hydrogen-bond donors (Lipinski definition) is 1. The lowest BCUT2D eigenvalue weighted by molar-refractivity contribution is -0.159. The molecule has 0 aliphatic rings. The van der Waals surface area contributed by atoms with Gasteiger partial charge < -0.3 is 14.8 Å². The number of hydrogen-bond acceptors (Lipinski definition) is 4. The zero-order valence-corrected chi connectivity index (χ0v) is 14.1. The maximum absolute atomic E-state index is 12.1. The molecule has 0 fully saturated rings. The minimum atomic E-state index is -0.949. The first-order chi connectivity index (χ1) is 11.5. The quantitative estimate of drug-likeness (QED) is 0.810. The molecule has 1 N–H and O–H groups in total. The van der Waals surface area contributed by atoms with Crippen LogP contribution in [-0.4, -0.2) is 24.1 Å². The van der Waals surface area contributed by atoms with Crippen LogP contribution in [0.25, 0.3) is 0 Å². The molecule has 0 saturated carbocycles. The van der Waals surface area contributed by atoms with Crippen LogP contribution in [0, 0.1) is 0 Å². The summed E-state index contributed by atoms with van der Waals surface area (Å²) in [5.41, 5.74) is 0.570. The van der Waals surface area contributed by atoms with Crippen LogP contribution in [0.4, 0.5) is 5.69 Å². The van der Waals surface area contributed by atoms with Gasteiger partial charge in [-0.3, -0.25) is 4.79 Å². The molecule has 2 aromatic rings. The molecule has 0 aromatic heterocycles. The second kappa shape index (κ2) is 8.36. The Morgan fingerprint density at radius 1 is 0.958 bits per heavy atom. The van der Waals surface area contributed by atoms with Gasteiger partial charge in [0.25, 0.3) is 5.91 Å². The largest absolute Gasteiger partial charge is 0.479 e. The van der Waals surface area contributed by atoms with E-state index in [1.807, 2.05) is 6.07 Å². The number of ether oxygens (including phenoxy) is 2. The van der Waals surface area contributed by atoms with E-state index in [-0.39, 0.29) is 0 Å². The second-order valence-electron chi connectivity index (χ2n) is 5.15. The predicted octanol–water partition coefficient (Wildman–Crippen LogP) is 3.68. The number of benzene rings is 2. The molecule has 2 rings (SSSR count). The average molecular weight is 348 g/mol. The van der Waals surface area contributed by atoms with Gasteiger partial charge in [-0.05, 0) is 50.2 Å². The molecule has 24 heavy (non-hydrogen) atoms. The highest BCUT2D eigenvalue weighted by molar-refractivity contribution is 6.30. The normalized spacial score (nSPS) is 12.8. The summed E-state index contributed by atoms with van der Waals surface area (Å²) < 4.78 is 10.6. The summed E-state index contributed by atoms with van der Waals surface area (Å²) in [5, 5.41) is 3.22. The predicted molar refractivity (Wildman–Crippen MR) is 92.2 cm³/mol. The molecule has 0 aliphatic carbocycles. The molecule has 0 aliphatic heterocycles. The van der Waals surface area contributed by atoms with Crippen molar-refractivity contribution in [3.05, 3.63) is 59.6 Å². The van der Waals surface area contributed by atoms with Crippen molar-refractivity contribution in [3.63, 3.8) is 0 Å². The third-order valence-electron chi connectivity index (χ3n) is 3.16. The molecular formula is C18H18ClNO4. The lowest BCUT2D eigenvalue weighted by Crippen LogP contribution is -2.35. The van der Waals surface area contributed by atoms with E-state index in [0.717, 1.165) is 0 Å². The summed E-state index contributed by atoms with van der Waals surface area (Å²) in [6.07, 6.45) is -1.77. The van der Waals surface area contributed by atoms with Gasteiger partial charge in [0.05, 0.1) is 0 Å². The lowest BCUT2D eigenvalue weighted by Gasteiger charge is -2.17. The Bertz CT molecular complexity index is 688. The van der Waals surface area contributed by atoms with Crippen molar-refractivity contribution in [2.45, 2.75) is 26.1 Å². The van der Waals surface area contributed by atoms with E-state index >= 15 is 0 Å². The highest BCUT2D eigenvalue weighted by Crippen LogP contribution is 2.15. The standard InChI is InChI=1S/C18H18ClNO4/c1-12(17(21)20-15-10-8-14(19)9-11-15)24-18(22)13(2)23-16-6-4-3-5-7-16/h3-13H,1-2H3,(H,20,21)/t12-,13-/m0/s1. The van der Waals surface area contributed by atoms with Crippen molar-refractivity contribution in [3.8, 4) is 5.75 Å². The van der Waals surface area contributed by atoms with Gasteiger partial charge in [0.15, 0.2) is 12.2 Å². The summed E-state index contributed by atoms with van der Waals surface area (Å²) in [5.74, 6) is -0.490. The molecular weight excluding hydrogens is 330 g/mol. The molecule has 126 valence electrons. The Kier molecular flexibility index (Phi) is 6.21. The summed E-state index contributed by atoms with van der Waals surface area (Å²) >= 11 is 5.78. The number of halogens is 1. The second-order valence-corrected chi connectivity index (χ2v) is 5.58. The number of amides is 1. The topological polar surface area (TPSA) is 64.6 Å².